The molecule has 1 saturated heterocycles. The molecule has 3 N–H and O–H groups in total. The molecule has 0 aromatic heterocycles. The number of hydrogen-bond acceptors (Lipinski definition) is 5. The molecule has 0 aromatic carbocycles. The molecule has 0 aromatic rings. The Hall–Kier alpha value is -0.250. The molecule has 1 heterocycles. The van der Waals surface area contributed by atoms with Crippen molar-refractivity contribution in [2.45, 2.75) is 6.92 Å². The van der Waals surface area contributed by atoms with Crippen LogP contribution in [0.15, 0.2) is 0 Å². The molecule has 1 aliphatic heterocycles. The van der Waals surface area contributed by atoms with Crippen LogP contribution in [0.25, 0.3) is 0 Å². The summed E-state index contributed by atoms with van der Waals surface area (Å²) in [5.41, 5.74) is 0. The van der Waals surface area contributed by atoms with E-state index in [9.17, 15) is 0 Å². The summed E-state index contributed by atoms with van der Waals surface area (Å²) in [5.74, 6) is 0. The van der Waals surface area contributed by atoms with Crippen LogP contribution in [0, 0.1) is 0 Å². The van der Waals surface area contributed by atoms with E-state index < -0.39 is 10.4 Å². The second kappa shape index (κ2) is 7.10. The third-order valence-electron chi connectivity index (χ3n) is 1.39. The van der Waals surface area contributed by atoms with Gasteiger partial charge in [-0.1, -0.05) is 0 Å². The fourth-order valence-electron chi connectivity index (χ4n) is 0.956. The highest BCUT2D eigenvalue weighted by Crippen LogP contribution is 1.91. The van der Waals surface area contributed by atoms with Crippen molar-refractivity contribution in [3.05, 3.63) is 0 Å². The van der Waals surface area contributed by atoms with E-state index in [-0.39, 0.29) is 0 Å². The van der Waals surface area contributed by atoms with Gasteiger partial charge in [-0.2, -0.15) is 13.5 Å². The van der Waals surface area contributed by atoms with E-state index in [1.54, 1.807) is 0 Å². The van der Waals surface area contributed by atoms with Crippen molar-refractivity contribution in [2.75, 3.05) is 32.8 Å². The third-order valence-corrected chi connectivity index (χ3v) is 1.39. The Bertz CT molecular complexity index is 214. The Morgan fingerprint density at radius 3 is 2.14 bits per heavy atom. The highest BCUT2D eigenvalue weighted by Gasteiger charge is 2.07. The second-order valence-electron chi connectivity index (χ2n) is 2.54. The Kier molecular flexibility index (Phi) is 6.97. The molecular weight excluding hydrogens is 212 g/mol. The van der Waals surface area contributed by atoms with Gasteiger partial charge in [0.05, 0.1) is 6.61 Å². The minimum atomic E-state index is -4.67. The lowest BCUT2D eigenvalue weighted by atomic mass is 10.4. The maximum absolute atomic E-state index is 8.74. The summed E-state index contributed by atoms with van der Waals surface area (Å²) < 4.78 is 31.6. The zero-order valence-corrected chi connectivity index (χ0v) is 8.83. The molecule has 8 heteroatoms. The predicted molar refractivity (Wildman–Crippen MR) is 50.2 cm³/mol. The van der Waals surface area contributed by atoms with Crippen LogP contribution in [0.2, 0.25) is 0 Å². The van der Waals surface area contributed by atoms with Gasteiger partial charge in [-0.15, -0.1) is 0 Å². The van der Waals surface area contributed by atoms with Crippen molar-refractivity contribution in [3.8, 4) is 0 Å². The fourth-order valence-corrected chi connectivity index (χ4v) is 0.956. The predicted octanol–water partition coefficient (Wildman–Crippen LogP) is -0.810. The monoisotopic (exact) mass is 228 g/mol. The number of nitrogens with one attached hydrogen (secondary N) is 1. The molecule has 1 fully saturated rings. The van der Waals surface area contributed by atoms with Crippen molar-refractivity contribution >= 4 is 10.4 Å². The molecule has 0 aliphatic carbocycles. The van der Waals surface area contributed by atoms with Gasteiger partial charge in [0.15, 0.2) is 0 Å². The molecule has 0 radical (unpaired) electrons. The van der Waals surface area contributed by atoms with Crippen LogP contribution in [0.3, 0.4) is 0 Å². The third kappa shape index (κ3) is 11.8. The maximum Gasteiger partial charge on any atom is 0.394 e. The molecule has 1 aliphatic rings. The van der Waals surface area contributed by atoms with Crippen LogP contribution >= 0.6 is 0 Å². The summed E-state index contributed by atoms with van der Waals surface area (Å²) in [5, 5.41) is 5.26. The smallest absolute Gasteiger partial charge is 0.314 e. The minimum absolute atomic E-state index is 0.792. The highest BCUT2D eigenvalue weighted by molar-refractivity contribution is 7.79. The first kappa shape index (κ1) is 13.8. The standard InChI is InChI=1S/C6H14N2O.H2O4S/c1-2-9-8-5-3-7-4-6-8;1-5(2,3)4/h7H,2-6H2,1H3;(H2,1,2,3,4). The van der Waals surface area contributed by atoms with E-state index in [4.69, 9.17) is 22.4 Å². The van der Waals surface area contributed by atoms with Gasteiger partial charge in [0, 0.05) is 26.2 Å². The highest BCUT2D eigenvalue weighted by atomic mass is 32.3. The lowest BCUT2D eigenvalue weighted by Gasteiger charge is -2.25. The second-order valence-corrected chi connectivity index (χ2v) is 3.44. The van der Waals surface area contributed by atoms with Gasteiger partial charge < -0.3 is 5.32 Å². The SMILES string of the molecule is CCON1CCNCC1.O=S(=O)(O)O. The van der Waals surface area contributed by atoms with E-state index in [1.807, 2.05) is 12.0 Å². The van der Waals surface area contributed by atoms with Crippen LogP contribution in [0.4, 0.5) is 0 Å². The molecule has 0 amide bonds. The van der Waals surface area contributed by atoms with Gasteiger partial charge in [-0.25, -0.2) is 0 Å². The Labute approximate surface area is 83.6 Å². The molecule has 0 bridgehead atoms. The number of piperazine rings is 1. The zero-order chi connectivity index (χ0) is 11.0. The summed E-state index contributed by atoms with van der Waals surface area (Å²) in [6, 6.07) is 0. The van der Waals surface area contributed by atoms with Crippen molar-refractivity contribution in [2.24, 2.45) is 0 Å². The van der Waals surface area contributed by atoms with Crippen LogP contribution in [-0.2, 0) is 15.2 Å². The van der Waals surface area contributed by atoms with Crippen molar-refractivity contribution in [1.29, 1.82) is 0 Å². The van der Waals surface area contributed by atoms with Crippen molar-refractivity contribution in [1.82, 2.24) is 10.4 Å². The Balaban J connectivity index is 0.000000292. The molecule has 1 rings (SSSR count). The number of hydroxylamine groups is 2. The first-order chi connectivity index (χ1) is 6.43. The van der Waals surface area contributed by atoms with Crippen molar-refractivity contribution in [3.63, 3.8) is 0 Å². The lowest BCUT2D eigenvalue weighted by molar-refractivity contribution is -0.159. The van der Waals surface area contributed by atoms with Gasteiger partial charge in [0.2, 0.25) is 0 Å². The normalized spacial score (nSPS) is 18.5. The average Bonchev–Trinajstić information content (AvgIpc) is 2.03. The van der Waals surface area contributed by atoms with E-state index in [1.165, 1.54) is 0 Å². The minimum Gasteiger partial charge on any atom is -0.314 e. The summed E-state index contributed by atoms with van der Waals surface area (Å²) in [4.78, 5) is 5.28. The van der Waals surface area contributed by atoms with Crippen LogP contribution in [0.1, 0.15) is 6.92 Å². The summed E-state index contributed by atoms with van der Waals surface area (Å²) >= 11 is 0. The van der Waals surface area contributed by atoms with Crippen LogP contribution in [-0.4, -0.2) is 55.4 Å². The quantitative estimate of drug-likeness (QED) is 0.531. The number of nitrogens with zero attached hydrogens (tertiary/aromatic N) is 1. The summed E-state index contributed by atoms with van der Waals surface area (Å²) in [6.45, 7) is 6.96. The van der Waals surface area contributed by atoms with Gasteiger partial charge >= 0.3 is 10.4 Å². The van der Waals surface area contributed by atoms with Crippen LogP contribution < -0.4 is 5.32 Å². The van der Waals surface area contributed by atoms with E-state index in [2.05, 4.69) is 5.32 Å². The van der Waals surface area contributed by atoms with Gasteiger partial charge in [0.1, 0.15) is 0 Å². The molecule has 0 atom stereocenters. The Morgan fingerprint density at radius 1 is 1.36 bits per heavy atom. The molecule has 86 valence electrons. The van der Waals surface area contributed by atoms with Crippen LogP contribution in [0.5, 0.6) is 0 Å². The summed E-state index contributed by atoms with van der Waals surface area (Å²) in [7, 11) is -4.67. The first-order valence-corrected chi connectivity index (χ1v) is 5.61. The molecule has 7 nitrogen and oxygen atoms in total. The largest absolute Gasteiger partial charge is 0.394 e. The van der Waals surface area contributed by atoms with Gasteiger partial charge in [0.25, 0.3) is 0 Å². The molecule has 14 heavy (non-hydrogen) atoms. The topological polar surface area (TPSA) is 99.1 Å². The molecule has 0 unspecified atom stereocenters. The molecule has 0 saturated carbocycles. The molecular formula is C6H16N2O5S. The van der Waals surface area contributed by atoms with E-state index in [0.29, 0.717) is 0 Å². The van der Waals surface area contributed by atoms with E-state index >= 15 is 0 Å². The van der Waals surface area contributed by atoms with Gasteiger partial charge in [-0.05, 0) is 6.92 Å². The zero-order valence-electron chi connectivity index (χ0n) is 8.01. The van der Waals surface area contributed by atoms with E-state index in [0.717, 1.165) is 32.8 Å². The average molecular weight is 228 g/mol. The maximum atomic E-state index is 8.74. The number of rotatable bonds is 2. The summed E-state index contributed by atoms with van der Waals surface area (Å²) in [6.07, 6.45) is 0. The Morgan fingerprint density at radius 2 is 1.79 bits per heavy atom. The number of hydrogen-bond donors (Lipinski definition) is 3. The van der Waals surface area contributed by atoms with Crippen molar-refractivity contribution < 1.29 is 22.4 Å². The lowest BCUT2D eigenvalue weighted by Crippen LogP contribution is -2.43. The fraction of sp³-hybridized carbons (Fsp3) is 1.00. The first-order valence-electron chi connectivity index (χ1n) is 4.22. The molecule has 0 spiro atoms. The van der Waals surface area contributed by atoms with Gasteiger partial charge in [-0.3, -0.25) is 13.9 Å².